The smallest absolute Gasteiger partial charge is 0.264 e. The number of hydrogen-bond donors (Lipinski definition) is 1. The molecule has 1 aliphatic heterocycles. The van der Waals surface area contributed by atoms with Gasteiger partial charge >= 0.3 is 0 Å². The average molecular weight is 439 g/mol. The Morgan fingerprint density at radius 2 is 1.74 bits per heavy atom. The zero-order valence-electron chi connectivity index (χ0n) is 16.4. The fourth-order valence-electron chi connectivity index (χ4n) is 3.31. The molecule has 31 heavy (non-hydrogen) atoms. The largest absolute Gasteiger partial charge is 0.323 e. The van der Waals surface area contributed by atoms with Crippen LogP contribution in [0, 0.1) is 5.82 Å². The van der Waals surface area contributed by atoms with Crippen molar-refractivity contribution in [2.75, 3.05) is 28.1 Å². The van der Waals surface area contributed by atoms with Crippen LogP contribution in [0.25, 0.3) is 0 Å². The van der Waals surface area contributed by atoms with E-state index >= 15 is 0 Å². The molecule has 0 aromatic heterocycles. The van der Waals surface area contributed by atoms with Crippen LogP contribution >= 0.6 is 0 Å². The van der Waals surface area contributed by atoms with Crippen molar-refractivity contribution in [1.29, 1.82) is 0 Å². The number of anilines is 3. The van der Waals surface area contributed by atoms with Crippen molar-refractivity contribution in [3.63, 3.8) is 0 Å². The van der Waals surface area contributed by atoms with Gasteiger partial charge in [-0.05, 0) is 54.6 Å². The van der Waals surface area contributed by atoms with Crippen molar-refractivity contribution < 1.29 is 22.4 Å². The van der Waals surface area contributed by atoms with Gasteiger partial charge < -0.3 is 5.32 Å². The van der Waals surface area contributed by atoms with Gasteiger partial charge in [0.25, 0.3) is 15.9 Å². The molecule has 0 unspecified atom stereocenters. The predicted octanol–water partition coefficient (Wildman–Crippen LogP) is 3.25. The van der Waals surface area contributed by atoms with Crippen LogP contribution in [0.4, 0.5) is 21.5 Å². The zero-order chi connectivity index (χ0) is 22.2. The maximum atomic E-state index is 13.2. The molecule has 0 spiro atoms. The molecule has 0 atom stereocenters. The Morgan fingerprint density at radius 3 is 2.48 bits per heavy atom. The average Bonchev–Trinajstić information content (AvgIpc) is 2.78. The number of sulfonamides is 1. The molecule has 1 heterocycles. The summed E-state index contributed by atoms with van der Waals surface area (Å²) < 4.78 is 40.3. The number of carbonyl (C=O) groups is 2. The highest BCUT2D eigenvalue weighted by Gasteiger charge is 2.29. The van der Waals surface area contributed by atoms with Gasteiger partial charge in [-0.1, -0.05) is 18.2 Å². The Hall–Kier alpha value is -3.72. The van der Waals surface area contributed by atoms with Crippen LogP contribution in [0.5, 0.6) is 0 Å². The van der Waals surface area contributed by atoms with Gasteiger partial charge in [0.15, 0.2) is 0 Å². The van der Waals surface area contributed by atoms with Crippen LogP contribution in [0.3, 0.4) is 0 Å². The van der Waals surface area contributed by atoms with Gasteiger partial charge in [-0.3, -0.25) is 18.8 Å². The fraction of sp³-hybridized carbons (Fsp3) is 0.0909. The molecule has 9 heteroatoms. The van der Waals surface area contributed by atoms with Crippen molar-refractivity contribution in [2.45, 2.75) is 4.90 Å². The summed E-state index contributed by atoms with van der Waals surface area (Å²) in [4.78, 5) is 26.4. The Morgan fingerprint density at radius 1 is 1.03 bits per heavy atom. The van der Waals surface area contributed by atoms with E-state index in [1.165, 1.54) is 60.5 Å². The van der Waals surface area contributed by atoms with Gasteiger partial charge in [-0.25, -0.2) is 12.8 Å². The quantitative estimate of drug-likeness (QED) is 0.676. The molecular formula is C22H18FN3O4S. The molecule has 7 nitrogen and oxygen atoms in total. The first-order valence-electron chi connectivity index (χ1n) is 9.33. The normalized spacial score (nSPS) is 13.4. The molecule has 0 bridgehead atoms. The van der Waals surface area contributed by atoms with E-state index in [9.17, 15) is 22.4 Å². The van der Waals surface area contributed by atoms with E-state index in [0.717, 1.165) is 4.31 Å². The summed E-state index contributed by atoms with van der Waals surface area (Å²) in [5.74, 6) is -1.32. The zero-order valence-corrected chi connectivity index (χ0v) is 17.3. The number of hydrogen-bond acceptors (Lipinski definition) is 4. The van der Waals surface area contributed by atoms with E-state index in [-0.39, 0.29) is 28.6 Å². The summed E-state index contributed by atoms with van der Waals surface area (Å²) >= 11 is 0. The molecule has 2 amide bonds. The molecule has 4 rings (SSSR count). The molecule has 3 aromatic carbocycles. The highest BCUT2D eigenvalue weighted by atomic mass is 32.2. The van der Waals surface area contributed by atoms with Crippen molar-refractivity contribution in [1.82, 2.24) is 0 Å². The van der Waals surface area contributed by atoms with E-state index in [4.69, 9.17) is 0 Å². The van der Waals surface area contributed by atoms with Gasteiger partial charge in [-0.2, -0.15) is 0 Å². The van der Waals surface area contributed by atoms with Crippen molar-refractivity contribution >= 4 is 38.9 Å². The summed E-state index contributed by atoms with van der Waals surface area (Å²) in [5.41, 5.74) is 1.44. The van der Waals surface area contributed by atoms with Gasteiger partial charge in [0.2, 0.25) is 5.91 Å². The second-order valence-corrected chi connectivity index (χ2v) is 8.90. The minimum Gasteiger partial charge on any atom is -0.323 e. The number of para-hydroxylation sites is 2. The lowest BCUT2D eigenvalue weighted by molar-refractivity contribution is -0.115. The molecule has 1 N–H and O–H groups in total. The molecule has 0 fully saturated rings. The molecule has 0 aliphatic carbocycles. The fourth-order valence-corrected chi connectivity index (χ4v) is 4.55. The number of carbonyl (C=O) groups excluding carboxylic acids is 2. The number of amides is 2. The number of benzene rings is 3. The standard InChI is InChI=1S/C22H18FN3O4S/c1-25(17-11-9-16(23)10-12-17)31(29,30)18-6-4-5-15(13-18)22(28)26-14-21(27)24-19-7-2-3-8-20(19)26/h2-13H,14H2,1H3,(H,24,27). The van der Waals surface area contributed by atoms with Crippen LogP contribution in [0.2, 0.25) is 0 Å². The summed E-state index contributed by atoms with van der Waals surface area (Å²) in [6.07, 6.45) is 0. The predicted molar refractivity (Wildman–Crippen MR) is 115 cm³/mol. The number of halogens is 1. The second-order valence-electron chi connectivity index (χ2n) is 6.93. The Labute approximate surface area is 178 Å². The molecule has 1 aliphatic rings. The Kier molecular flexibility index (Phi) is 5.20. The first-order chi connectivity index (χ1) is 14.8. The number of nitrogens with one attached hydrogen (secondary N) is 1. The van der Waals surface area contributed by atoms with Crippen molar-refractivity contribution in [2.24, 2.45) is 0 Å². The van der Waals surface area contributed by atoms with Crippen molar-refractivity contribution in [3.05, 3.63) is 84.2 Å². The Bertz CT molecular complexity index is 1280. The van der Waals surface area contributed by atoms with Crippen LogP contribution in [-0.4, -0.2) is 33.8 Å². The summed E-state index contributed by atoms with van der Waals surface area (Å²) in [5, 5.41) is 2.71. The third kappa shape index (κ3) is 3.87. The SMILES string of the molecule is CN(c1ccc(F)cc1)S(=O)(=O)c1cccc(C(=O)N2CC(=O)Nc3ccccc32)c1. The maximum absolute atomic E-state index is 13.2. The maximum Gasteiger partial charge on any atom is 0.264 e. The van der Waals surface area contributed by atoms with Crippen LogP contribution in [0.1, 0.15) is 10.4 Å². The molecular weight excluding hydrogens is 421 g/mol. The third-order valence-corrected chi connectivity index (χ3v) is 6.73. The van der Waals surface area contributed by atoms with Gasteiger partial charge in [0.1, 0.15) is 12.4 Å². The Balaban J connectivity index is 1.68. The van der Waals surface area contributed by atoms with Gasteiger partial charge in [0, 0.05) is 12.6 Å². The van der Waals surface area contributed by atoms with Crippen LogP contribution in [0.15, 0.2) is 77.7 Å². The van der Waals surface area contributed by atoms with E-state index in [1.54, 1.807) is 24.3 Å². The summed E-state index contributed by atoms with van der Waals surface area (Å²) in [7, 11) is -2.65. The van der Waals surface area contributed by atoms with E-state index in [1.807, 2.05) is 0 Å². The molecule has 3 aromatic rings. The number of nitrogens with zero attached hydrogens (tertiary/aromatic N) is 2. The molecule has 158 valence electrons. The molecule has 0 saturated heterocycles. The molecule has 0 saturated carbocycles. The first-order valence-corrected chi connectivity index (χ1v) is 10.8. The minimum atomic E-state index is -4.00. The summed E-state index contributed by atoms with van der Waals surface area (Å²) in [6.45, 7) is -0.178. The minimum absolute atomic E-state index is 0.0973. The molecule has 0 radical (unpaired) electrons. The third-order valence-electron chi connectivity index (χ3n) is 4.95. The lowest BCUT2D eigenvalue weighted by Crippen LogP contribution is -2.42. The first kappa shape index (κ1) is 20.5. The monoisotopic (exact) mass is 439 g/mol. The summed E-state index contributed by atoms with van der Waals surface area (Å²) in [6, 6.07) is 17.5. The van der Waals surface area contributed by atoms with Crippen LogP contribution < -0.4 is 14.5 Å². The highest BCUT2D eigenvalue weighted by molar-refractivity contribution is 7.92. The number of rotatable bonds is 4. The lowest BCUT2D eigenvalue weighted by Gasteiger charge is -2.29. The number of fused-ring (bicyclic) bond motifs is 1. The van der Waals surface area contributed by atoms with Gasteiger partial charge in [-0.15, -0.1) is 0 Å². The highest BCUT2D eigenvalue weighted by Crippen LogP contribution is 2.30. The van der Waals surface area contributed by atoms with Gasteiger partial charge in [0.05, 0.1) is 22.0 Å². The van der Waals surface area contributed by atoms with E-state index in [2.05, 4.69) is 5.32 Å². The lowest BCUT2D eigenvalue weighted by atomic mass is 10.1. The van der Waals surface area contributed by atoms with Crippen LogP contribution in [-0.2, 0) is 14.8 Å². The van der Waals surface area contributed by atoms with E-state index in [0.29, 0.717) is 11.4 Å². The second kappa shape index (κ2) is 7.84. The topological polar surface area (TPSA) is 86.8 Å². The van der Waals surface area contributed by atoms with E-state index < -0.39 is 21.7 Å². The van der Waals surface area contributed by atoms with Crippen molar-refractivity contribution in [3.8, 4) is 0 Å².